The molecule has 3 nitrogen and oxygen atoms in total. The molecule has 0 saturated heterocycles. The highest BCUT2D eigenvalue weighted by Gasteiger charge is 2.35. The molecule has 0 bridgehead atoms. The van der Waals surface area contributed by atoms with Gasteiger partial charge < -0.3 is 10.6 Å². The Morgan fingerprint density at radius 2 is 2.00 bits per heavy atom. The second-order valence-corrected chi connectivity index (χ2v) is 5.70. The summed E-state index contributed by atoms with van der Waals surface area (Å²) in [4.78, 5) is 13.8. The first-order chi connectivity index (χ1) is 11.1. The molecule has 1 aliphatic carbocycles. The monoisotopic (exact) mass is 316 g/mol. The zero-order valence-electron chi connectivity index (χ0n) is 12.5. The third kappa shape index (κ3) is 3.10. The van der Waals surface area contributed by atoms with Crippen LogP contribution in [0.1, 0.15) is 11.6 Å². The molecule has 1 aromatic carbocycles. The summed E-state index contributed by atoms with van der Waals surface area (Å²) in [5.74, 6) is -1.34. The normalized spacial score (nSPS) is 26.9. The Labute approximate surface area is 133 Å². The zero-order chi connectivity index (χ0) is 16.4. The topological polar surface area (TPSA) is 46.3 Å². The number of amides is 1. The molecule has 120 valence electrons. The van der Waals surface area contributed by atoms with E-state index >= 15 is 0 Å². The minimum atomic E-state index is -1.29. The molecule has 0 radical (unpaired) electrons. The summed E-state index contributed by atoms with van der Waals surface area (Å²) in [5, 5.41) is 0. The van der Waals surface area contributed by atoms with Crippen LogP contribution in [0.3, 0.4) is 0 Å². The average molecular weight is 316 g/mol. The minimum Gasteiger partial charge on any atom is -0.327 e. The highest BCUT2D eigenvalue weighted by Crippen LogP contribution is 2.37. The van der Waals surface area contributed by atoms with E-state index in [-0.39, 0.29) is 25.0 Å². The largest absolute Gasteiger partial charge is 0.327 e. The van der Waals surface area contributed by atoms with E-state index in [2.05, 4.69) is 0 Å². The number of benzene rings is 1. The Morgan fingerprint density at radius 1 is 1.26 bits per heavy atom. The standard InChI is InChI=1S/C18H18F2N2O/c19-14-6-7-16(20)15(9-14)13-8-17(12-4-2-1-3-5-12)22(11-13)18(23)10-21/h1-9,15-17H,10-11,21H2. The van der Waals surface area contributed by atoms with Crippen molar-refractivity contribution in [2.24, 2.45) is 11.7 Å². The Kier molecular flexibility index (Phi) is 4.39. The van der Waals surface area contributed by atoms with Crippen LogP contribution in [-0.2, 0) is 4.79 Å². The number of hydrogen-bond donors (Lipinski definition) is 1. The molecule has 0 spiro atoms. The number of carbonyl (C=O) groups is 1. The first-order valence-corrected chi connectivity index (χ1v) is 7.55. The average Bonchev–Trinajstić information content (AvgIpc) is 3.02. The number of rotatable bonds is 3. The molecule has 2 N–H and O–H groups in total. The SMILES string of the molecule is NCC(=O)N1CC(C2C=C(F)C=CC2F)=CC1c1ccccc1. The van der Waals surface area contributed by atoms with Crippen molar-refractivity contribution in [2.75, 3.05) is 13.1 Å². The van der Waals surface area contributed by atoms with Gasteiger partial charge in [-0.25, -0.2) is 8.78 Å². The number of hydrogen-bond acceptors (Lipinski definition) is 2. The van der Waals surface area contributed by atoms with E-state index < -0.39 is 17.9 Å². The van der Waals surface area contributed by atoms with E-state index in [0.29, 0.717) is 5.57 Å². The molecule has 2 aliphatic rings. The molecule has 1 aliphatic heterocycles. The molecule has 3 atom stereocenters. The molecule has 1 amide bonds. The first kappa shape index (κ1) is 15.6. The van der Waals surface area contributed by atoms with Gasteiger partial charge >= 0.3 is 0 Å². The molecule has 0 fully saturated rings. The van der Waals surface area contributed by atoms with E-state index in [4.69, 9.17) is 5.73 Å². The van der Waals surface area contributed by atoms with Gasteiger partial charge in [0.1, 0.15) is 12.0 Å². The zero-order valence-corrected chi connectivity index (χ0v) is 12.5. The van der Waals surface area contributed by atoms with Gasteiger partial charge in [-0.3, -0.25) is 4.79 Å². The van der Waals surface area contributed by atoms with Crippen molar-refractivity contribution in [1.29, 1.82) is 0 Å². The lowest BCUT2D eigenvalue weighted by Gasteiger charge is -2.25. The van der Waals surface area contributed by atoms with E-state index in [1.165, 1.54) is 12.2 Å². The van der Waals surface area contributed by atoms with Gasteiger partial charge in [0.2, 0.25) is 5.91 Å². The highest BCUT2D eigenvalue weighted by atomic mass is 19.1. The van der Waals surface area contributed by atoms with E-state index in [9.17, 15) is 13.6 Å². The second kappa shape index (κ2) is 6.46. The summed E-state index contributed by atoms with van der Waals surface area (Å²) in [6.07, 6.45) is 4.18. The Hall–Kier alpha value is -2.27. The predicted octanol–water partition coefficient (Wildman–Crippen LogP) is 2.83. The van der Waals surface area contributed by atoms with Crippen molar-refractivity contribution < 1.29 is 13.6 Å². The van der Waals surface area contributed by atoms with E-state index in [0.717, 1.165) is 11.6 Å². The molecule has 23 heavy (non-hydrogen) atoms. The van der Waals surface area contributed by atoms with Crippen LogP contribution in [-0.4, -0.2) is 30.1 Å². The van der Waals surface area contributed by atoms with Gasteiger partial charge in [-0.15, -0.1) is 0 Å². The maximum Gasteiger partial charge on any atom is 0.237 e. The van der Waals surface area contributed by atoms with Gasteiger partial charge in [0.05, 0.1) is 12.6 Å². The molecule has 3 rings (SSSR count). The van der Waals surface area contributed by atoms with Crippen molar-refractivity contribution in [1.82, 2.24) is 4.90 Å². The molecule has 0 saturated carbocycles. The molecular weight excluding hydrogens is 298 g/mol. The summed E-state index contributed by atoms with van der Waals surface area (Å²) in [5.41, 5.74) is 7.12. The number of carbonyl (C=O) groups excluding carboxylic acids is 1. The first-order valence-electron chi connectivity index (χ1n) is 7.55. The predicted molar refractivity (Wildman–Crippen MR) is 84.8 cm³/mol. The number of nitrogens with two attached hydrogens (primary N) is 1. The lowest BCUT2D eigenvalue weighted by atomic mass is 9.90. The fourth-order valence-corrected chi connectivity index (χ4v) is 3.08. The molecule has 1 aromatic rings. The van der Waals surface area contributed by atoms with Gasteiger partial charge in [-0.1, -0.05) is 36.4 Å². The third-order valence-corrected chi connectivity index (χ3v) is 4.25. The summed E-state index contributed by atoms with van der Waals surface area (Å²) in [6, 6.07) is 9.17. The van der Waals surface area contributed by atoms with Gasteiger partial charge in [-0.05, 0) is 29.4 Å². The molecule has 1 heterocycles. The quantitative estimate of drug-likeness (QED) is 0.872. The summed E-state index contributed by atoms with van der Waals surface area (Å²) in [6.45, 7) is 0.149. The van der Waals surface area contributed by atoms with Crippen LogP contribution in [0.4, 0.5) is 8.78 Å². The van der Waals surface area contributed by atoms with Crippen molar-refractivity contribution in [3.8, 4) is 0 Å². The molecular formula is C18H18F2N2O. The van der Waals surface area contributed by atoms with Crippen LogP contribution < -0.4 is 5.73 Å². The Balaban J connectivity index is 1.93. The molecule has 5 heteroatoms. The number of allylic oxidation sites excluding steroid dienone is 4. The lowest BCUT2D eigenvalue weighted by Crippen LogP contribution is -2.37. The summed E-state index contributed by atoms with van der Waals surface area (Å²) in [7, 11) is 0. The fraction of sp³-hybridized carbons (Fsp3) is 0.278. The van der Waals surface area contributed by atoms with Crippen molar-refractivity contribution in [2.45, 2.75) is 12.2 Å². The molecule has 0 aromatic heterocycles. The van der Waals surface area contributed by atoms with Crippen molar-refractivity contribution >= 4 is 5.91 Å². The van der Waals surface area contributed by atoms with Crippen LogP contribution in [0.5, 0.6) is 0 Å². The number of alkyl halides is 1. The van der Waals surface area contributed by atoms with Crippen LogP contribution in [0, 0.1) is 5.92 Å². The van der Waals surface area contributed by atoms with Gasteiger partial charge in [-0.2, -0.15) is 0 Å². The minimum absolute atomic E-state index is 0.113. The third-order valence-electron chi connectivity index (χ3n) is 4.25. The van der Waals surface area contributed by atoms with E-state index in [1.54, 1.807) is 4.90 Å². The fourth-order valence-electron chi connectivity index (χ4n) is 3.08. The maximum atomic E-state index is 14.1. The van der Waals surface area contributed by atoms with Crippen LogP contribution in [0.15, 0.2) is 66.0 Å². The summed E-state index contributed by atoms with van der Waals surface area (Å²) >= 11 is 0. The van der Waals surface area contributed by atoms with Gasteiger partial charge in [0, 0.05) is 12.5 Å². The lowest BCUT2D eigenvalue weighted by molar-refractivity contribution is -0.130. The number of halogens is 2. The van der Waals surface area contributed by atoms with Crippen LogP contribution in [0.2, 0.25) is 0 Å². The van der Waals surface area contributed by atoms with Crippen LogP contribution >= 0.6 is 0 Å². The highest BCUT2D eigenvalue weighted by molar-refractivity contribution is 5.79. The Morgan fingerprint density at radius 3 is 2.70 bits per heavy atom. The molecule has 3 unspecified atom stereocenters. The second-order valence-electron chi connectivity index (χ2n) is 5.70. The summed E-state index contributed by atoms with van der Waals surface area (Å²) < 4.78 is 27.6. The van der Waals surface area contributed by atoms with Gasteiger partial charge in [0.25, 0.3) is 0 Å². The smallest absolute Gasteiger partial charge is 0.237 e. The Bertz CT molecular complexity index is 682. The van der Waals surface area contributed by atoms with E-state index in [1.807, 2.05) is 36.4 Å². The van der Waals surface area contributed by atoms with Gasteiger partial charge in [0.15, 0.2) is 0 Å². The van der Waals surface area contributed by atoms with Crippen molar-refractivity contribution in [3.63, 3.8) is 0 Å². The maximum absolute atomic E-state index is 14.1. The van der Waals surface area contributed by atoms with Crippen LogP contribution in [0.25, 0.3) is 0 Å². The van der Waals surface area contributed by atoms with Crippen molar-refractivity contribution in [3.05, 3.63) is 71.6 Å². The number of nitrogens with zero attached hydrogens (tertiary/aromatic N) is 1.